The van der Waals surface area contributed by atoms with E-state index in [2.05, 4.69) is 35.1 Å². The van der Waals surface area contributed by atoms with E-state index in [0.717, 1.165) is 5.69 Å². The summed E-state index contributed by atoms with van der Waals surface area (Å²) >= 11 is -2.12. The highest BCUT2D eigenvalue weighted by atomic mass is 32.2. The van der Waals surface area contributed by atoms with Crippen molar-refractivity contribution in [3.63, 3.8) is 0 Å². The average molecular weight is 443 g/mol. The van der Waals surface area contributed by atoms with Crippen molar-refractivity contribution in [3.05, 3.63) is 22.9 Å². The number of nitriles is 2. The van der Waals surface area contributed by atoms with Crippen molar-refractivity contribution < 1.29 is 8.76 Å². The first kappa shape index (κ1) is 22.2. The largest absolute Gasteiger partial charge is 0.301 e. The first-order valence-electron chi connectivity index (χ1n) is 9.19. The minimum atomic E-state index is -2.12. The highest BCUT2D eigenvalue weighted by Gasteiger charge is 2.27. The quantitative estimate of drug-likeness (QED) is 0.384. The van der Waals surface area contributed by atoms with Crippen LogP contribution in [0.25, 0.3) is 5.65 Å². The normalized spacial score (nSPS) is 14.1. The topological polar surface area (TPSA) is 185 Å². The van der Waals surface area contributed by atoms with E-state index in [4.69, 9.17) is 9.81 Å². The number of aromatic nitrogens is 6. The van der Waals surface area contributed by atoms with Crippen molar-refractivity contribution >= 4 is 28.5 Å². The third-order valence-electron chi connectivity index (χ3n) is 4.52. The summed E-state index contributed by atoms with van der Waals surface area (Å²) in [6, 6.07) is 3.80. The molecule has 2 atom stereocenters. The van der Waals surface area contributed by atoms with E-state index in [1.807, 2.05) is 39.8 Å². The summed E-state index contributed by atoms with van der Waals surface area (Å²) in [7, 11) is 1.58. The summed E-state index contributed by atoms with van der Waals surface area (Å²) in [5.41, 5.74) is 1.33. The molecule has 0 saturated heterocycles. The van der Waals surface area contributed by atoms with Crippen LogP contribution in [0.5, 0.6) is 0 Å². The Bertz CT molecular complexity index is 1260. The fourth-order valence-corrected chi connectivity index (χ4v) is 3.21. The van der Waals surface area contributed by atoms with Crippen LogP contribution < -0.4 is 4.72 Å². The third kappa shape index (κ3) is 4.36. The number of azo groups is 1. The molecule has 14 heteroatoms. The Morgan fingerprint density at radius 1 is 1.29 bits per heavy atom. The Labute approximate surface area is 180 Å². The number of rotatable bonds is 6. The molecule has 2 unspecified atom stereocenters. The van der Waals surface area contributed by atoms with E-state index in [1.54, 1.807) is 7.05 Å². The van der Waals surface area contributed by atoms with E-state index in [1.165, 1.54) is 9.20 Å². The van der Waals surface area contributed by atoms with Crippen molar-refractivity contribution in [3.8, 4) is 12.1 Å². The van der Waals surface area contributed by atoms with Gasteiger partial charge in [-0.05, 0) is 0 Å². The highest BCUT2D eigenvalue weighted by Crippen LogP contribution is 2.35. The minimum Gasteiger partial charge on any atom is -0.301 e. The lowest BCUT2D eigenvalue weighted by Crippen LogP contribution is -2.22. The van der Waals surface area contributed by atoms with Crippen LogP contribution in [0.2, 0.25) is 0 Å². The molecule has 0 saturated carbocycles. The van der Waals surface area contributed by atoms with Gasteiger partial charge in [-0.3, -0.25) is 9.65 Å². The van der Waals surface area contributed by atoms with E-state index in [-0.39, 0.29) is 35.2 Å². The van der Waals surface area contributed by atoms with Crippen LogP contribution in [0.1, 0.15) is 56.5 Å². The van der Waals surface area contributed by atoms with Crippen molar-refractivity contribution in [1.82, 2.24) is 34.1 Å². The molecule has 3 rings (SSSR count). The average Bonchev–Trinajstić information content (AvgIpc) is 3.34. The van der Waals surface area contributed by atoms with Gasteiger partial charge in [-0.1, -0.05) is 27.7 Å². The van der Waals surface area contributed by atoms with Crippen molar-refractivity contribution in [1.29, 1.82) is 10.5 Å². The second-order valence-electron chi connectivity index (χ2n) is 7.88. The van der Waals surface area contributed by atoms with Crippen molar-refractivity contribution in [2.45, 2.75) is 39.0 Å². The fourth-order valence-electron chi connectivity index (χ4n) is 2.82. The SMILES string of the molecule is CC(CNS(=O)O)c1nc2c(N=Nc3nc(C#N)c(C#N)n3C)c(C(C)(C)C)[nH]n2n1. The zero-order chi connectivity index (χ0) is 22.9. The van der Waals surface area contributed by atoms with Crippen molar-refractivity contribution in [2.24, 2.45) is 17.3 Å². The molecule has 3 heterocycles. The summed E-state index contributed by atoms with van der Waals surface area (Å²) in [6.45, 7) is 8.00. The summed E-state index contributed by atoms with van der Waals surface area (Å²) in [5, 5.41) is 34.4. The van der Waals surface area contributed by atoms with Crippen LogP contribution in [0, 0.1) is 22.7 Å². The summed E-state index contributed by atoms with van der Waals surface area (Å²) < 4.78 is 25.1. The van der Waals surface area contributed by atoms with Gasteiger partial charge in [0.2, 0.25) is 16.9 Å². The second-order valence-corrected chi connectivity index (χ2v) is 8.67. The summed E-state index contributed by atoms with van der Waals surface area (Å²) in [5.74, 6) is 0.324. The highest BCUT2D eigenvalue weighted by molar-refractivity contribution is 7.77. The standard InChI is InChI=1S/C17H21N11O2S/c1-9(8-20-31(29)30)14-22-15-12(13(17(2,3)4)25-28(15)26-14)23-24-16-21-10(6-18)11(7-19)27(16)5/h9,20,25H,8H2,1-5H3,(H,29,30). The summed E-state index contributed by atoms with van der Waals surface area (Å²) in [4.78, 5) is 8.58. The van der Waals surface area contributed by atoms with Gasteiger partial charge < -0.3 is 4.57 Å². The molecule has 31 heavy (non-hydrogen) atoms. The maximum atomic E-state index is 10.9. The fraction of sp³-hybridized carbons (Fsp3) is 0.471. The predicted octanol–water partition coefficient (Wildman–Crippen LogP) is 2.08. The van der Waals surface area contributed by atoms with E-state index in [0.29, 0.717) is 17.2 Å². The number of fused-ring (bicyclic) bond motifs is 1. The van der Waals surface area contributed by atoms with Gasteiger partial charge in [0.25, 0.3) is 5.95 Å². The number of nitrogens with one attached hydrogen (secondary N) is 2. The Hall–Kier alpha value is -3.46. The number of hydrogen-bond acceptors (Lipinski definition) is 8. The number of aromatic amines is 1. The predicted molar refractivity (Wildman–Crippen MR) is 110 cm³/mol. The molecule has 13 nitrogen and oxygen atoms in total. The van der Waals surface area contributed by atoms with Gasteiger partial charge >= 0.3 is 0 Å². The summed E-state index contributed by atoms with van der Waals surface area (Å²) in [6.07, 6.45) is 0. The van der Waals surface area contributed by atoms with Crippen LogP contribution >= 0.6 is 0 Å². The second kappa shape index (κ2) is 8.35. The molecule has 0 spiro atoms. The zero-order valence-corrected chi connectivity index (χ0v) is 18.4. The van der Waals surface area contributed by atoms with Gasteiger partial charge in [-0.2, -0.15) is 20.1 Å². The maximum Gasteiger partial charge on any atom is 0.251 e. The minimum absolute atomic E-state index is 0.0263. The van der Waals surface area contributed by atoms with E-state index < -0.39 is 11.3 Å². The number of imidazole rings is 1. The molecule has 0 amide bonds. The van der Waals surface area contributed by atoms with Gasteiger partial charge in [-0.15, -0.1) is 15.3 Å². The van der Waals surface area contributed by atoms with Gasteiger partial charge in [0.15, 0.2) is 22.9 Å². The molecule has 0 aliphatic heterocycles. The monoisotopic (exact) mass is 443 g/mol. The number of H-pyrrole nitrogens is 1. The van der Waals surface area contributed by atoms with Crippen LogP contribution in [0.3, 0.4) is 0 Å². The zero-order valence-electron chi connectivity index (χ0n) is 17.6. The molecule has 0 aliphatic carbocycles. The molecule has 0 radical (unpaired) electrons. The van der Waals surface area contributed by atoms with Gasteiger partial charge in [0.05, 0.1) is 5.69 Å². The van der Waals surface area contributed by atoms with E-state index in [9.17, 15) is 9.47 Å². The van der Waals surface area contributed by atoms with Crippen LogP contribution in [-0.4, -0.2) is 44.7 Å². The number of hydrogen-bond donors (Lipinski definition) is 3. The smallest absolute Gasteiger partial charge is 0.251 e. The third-order valence-corrected chi connectivity index (χ3v) is 4.93. The van der Waals surface area contributed by atoms with Gasteiger partial charge in [-0.25, -0.2) is 13.9 Å². The number of nitrogens with zero attached hydrogens (tertiary/aromatic N) is 9. The van der Waals surface area contributed by atoms with Crippen LogP contribution in [0.4, 0.5) is 11.6 Å². The molecule has 0 aliphatic rings. The molecule has 0 fully saturated rings. The molecule has 3 aromatic heterocycles. The van der Waals surface area contributed by atoms with Gasteiger partial charge in [0, 0.05) is 24.9 Å². The van der Waals surface area contributed by atoms with Gasteiger partial charge in [0.1, 0.15) is 12.1 Å². The first-order chi connectivity index (χ1) is 14.6. The molecular formula is C17H21N11O2S. The Morgan fingerprint density at radius 2 is 2.00 bits per heavy atom. The van der Waals surface area contributed by atoms with Crippen molar-refractivity contribution in [2.75, 3.05) is 6.54 Å². The Kier molecular flexibility index (Phi) is 5.99. The maximum absolute atomic E-state index is 10.9. The molecule has 0 bridgehead atoms. The van der Waals surface area contributed by atoms with Crippen LogP contribution in [-0.2, 0) is 23.7 Å². The molecule has 3 aromatic rings. The van der Waals surface area contributed by atoms with E-state index >= 15 is 0 Å². The molecule has 0 aromatic carbocycles. The lowest BCUT2D eigenvalue weighted by atomic mass is 9.91. The Balaban J connectivity index is 2.06. The Morgan fingerprint density at radius 3 is 2.55 bits per heavy atom. The van der Waals surface area contributed by atoms with Crippen LogP contribution in [0.15, 0.2) is 10.2 Å². The first-order valence-corrected chi connectivity index (χ1v) is 10.3. The molecule has 3 N–H and O–H groups in total. The molecule has 162 valence electrons. The lowest BCUT2D eigenvalue weighted by molar-refractivity contribution is 0.539. The lowest BCUT2D eigenvalue weighted by Gasteiger charge is -2.16. The molecular weight excluding hydrogens is 422 g/mol.